The summed E-state index contributed by atoms with van der Waals surface area (Å²) in [5.74, 6) is 2.63. The predicted molar refractivity (Wildman–Crippen MR) is 52.1 cm³/mol. The van der Waals surface area contributed by atoms with Crippen LogP contribution in [0.1, 0.15) is 39.5 Å². The fraction of sp³-hybridized carbons (Fsp3) is 0.889. The Kier molecular flexibility index (Phi) is 8.13. The fourth-order valence-electron chi connectivity index (χ4n) is 0.711. The number of carbonyl (C=O) groups excluding carboxylic acids is 1. The molecular weight excluding hydrogens is 156 g/mol. The number of hydrogen-bond acceptors (Lipinski definition) is 2. The Morgan fingerprint density at radius 3 is 2.55 bits per heavy atom. The normalized spacial score (nSPS) is 10.0. The summed E-state index contributed by atoms with van der Waals surface area (Å²) < 4.78 is 0. The third-order valence-electron chi connectivity index (χ3n) is 1.56. The average Bonchev–Trinajstić information content (AvgIpc) is 2.04. The molecule has 0 N–H and O–H groups in total. The van der Waals surface area contributed by atoms with Gasteiger partial charge in [0.1, 0.15) is 5.78 Å². The van der Waals surface area contributed by atoms with Gasteiger partial charge >= 0.3 is 0 Å². The number of hydrogen-bond donors (Lipinski definition) is 0. The molecule has 0 unspecified atom stereocenters. The van der Waals surface area contributed by atoms with Crippen molar-refractivity contribution in [1.82, 2.24) is 0 Å². The highest BCUT2D eigenvalue weighted by molar-refractivity contribution is 7.99. The molecule has 0 aromatic carbocycles. The minimum atomic E-state index is 0.397. The SMILES string of the molecule is CCCCSCCC(=O)CC. The van der Waals surface area contributed by atoms with Crippen molar-refractivity contribution in [3.63, 3.8) is 0 Å². The Morgan fingerprint density at radius 1 is 1.27 bits per heavy atom. The third-order valence-corrected chi connectivity index (χ3v) is 2.63. The van der Waals surface area contributed by atoms with Gasteiger partial charge in [0.15, 0.2) is 0 Å². The molecule has 0 atom stereocenters. The second-order valence-electron chi connectivity index (χ2n) is 2.61. The Labute approximate surface area is 73.9 Å². The topological polar surface area (TPSA) is 17.1 Å². The van der Waals surface area contributed by atoms with Crippen LogP contribution in [0.3, 0.4) is 0 Å². The third kappa shape index (κ3) is 7.92. The van der Waals surface area contributed by atoms with Gasteiger partial charge in [-0.3, -0.25) is 4.79 Å². The molecule has 0 fully saturated rings. The second kappa shape index (κ2) is 8.12. The Bertz CT molecular complexity index is 102. The van der Waals surface area contributed by atoms with Crippen molar-refractivity contribution in [3.05, 3.63) is 0 Å². The number of thioether (sulfide) groups is 1. The van der Waals surface area contributed by atoms with Crippen LogP contribution in [0.15, 0.2) is 0 Å². The standard InChI is InChI=1S/C9H18OS/c1-3-5-7-11-8-6-9(10)4-2/h3-8H2,1-2H3. The molecule has 66 valence electrons. The summed E-state index contributed by atoms with van der Waals surface area (Å²) in [5.41, 5.74) is 0. The largest absolute Gasteiger partial charge is 0.300 e. The van der Waals surface area contributed by atoms with E-state index in [-0.39, 0.29) is 0 Å². The quantitative estimate of drug-likeness (QED) is 0.552. The highest BCUT2D eigenvalue weighted by Gasteiger charge is 1.96. The second-order valence-corrected chi connectivity index (χ2v) is 3.83. The van der Waals surface area contributed by atoms with Crippen molar-refractivity contribution in [3.8, 4) is 0 Å². The number of Topliss-reactive ketones (excluding diaryl/α,β-unsaturated/α-hetero) is 1. The number of ketones is 1. The summed E-state index contributed by atoms with van der Waals surface area (Å²) in [4.78, 5) is 10.8. The minimum Gasteiger partial charge on any atom is -0.300 e. The first-order valence-corrected chi connectivity index (χ1v) is 5.56. The van der Waals surface area contributed by atoms with E-state index in [1.165, 1.54) is 18.6 Å². The van der Waals surface area contributed by atoms with Gasteiger partial charge in [0.2, 0.25) is 0 Å². The smallest absolute Gasteiger partial charge is 0.133 e. The molecule has 2 heteroatoms. The number of carbonyl (C=O) groups is 1. The summed E-state index contributed by atoms with van der Waals surface area (Å²) in [6.45, 7) is 4.12. The fourth-order valence-corrected chi connectivity index (χ4v) is 1.78. The molecule has 0 aromatic rings. The van der Waals surface area contributed by atoms with Crippen LogP contribution in [0.25, 0.3) is 0 Å². The molecule has 0 aliphatic heterocycles. The first-order valence-electron chi connectivity index (χ1n) is 4.40. The van der Waals surface area contributed by atoms with E-state index < -0.39 is 0 Å². The molecule has 1 nitrogen and oxygen atoms in total. The lowest BCUT2D eigenvalue weighted by Crippen LogP contribution is -1.96. The maximum atomic E-state index is 10.8. The molecule has 11 heavy (non-hydrogen) atoms. The van der Waals surface area contributed by atoms with Gasteiger partial charge < -0.3 is 0 Å². The number of rotatable bonds is 7. The Hall–Kier alpha value is 0.0200. The molecule has 0 aliphatic carbocycles. The molecule has 0 heterocycles. The lowest BCUT2D eigenvalue weighted by molar-refractivity contribution is -0.118. The predicted octanol–water partition coefficient (Wildman–Crippen LogP) is 2.89. The summed E-state index contributed by atoms with van der Waals surface area (Å²) in [6, 6.07) is 0. The zero-order valence-electron chi connectivity index (χ0n) is 7.56. The van der Waals surface area contributed by atoms with Crippen LogP contribution in [0.4, 0.5) is 0 Å². The van der Waals surface area contributed by atoms with Crippen molar-refractivity contribution in [1.29, 1.82) is 0 Å². The number of unbranched alkanes of at least 4 members (excludes halogenated alkanes) is 1. The lowest BCUT2D eigenvalue weighted by atomic mass is 10.2. The molecule has 0 bridgehead atoms. The molecule has 0 amide bonds. The van der Waals surface area contributed by atoms with E-state index in [1.807, 2.05) is 18.7 Å². The van der Waals surface area contributed by atoms with Crippen molar-refractivity contribution in [2.24, 2.45) is 0 Å². The van der Waals surface area contributed by atoms with Crippen molar-refractivity contribution in [2.45, 2.75) is 39.5 Å². The van der Waals surface area contributed by atoms with E-state index in [0.29, 0.717) is 12.2 Å². The van der Waals surface area contributed by atoms with Crippen LogP contribution < -0.4 is 0 Å². The van der Waals surface area contributed by atoms with E-state index in [0.717, 1.165) is 12.2 Å². The first kappa shape index (κ1) is 11.0. The van der Waals surface area contributed by atoms with Gasteiger partial charge in [-0.1, -0.05) is 20.3 Å². The molecule has 0 rings (SSSR count). The van der Waals surface area contributed by atoms with Crippen molar-refractivity contribution >= 4 is 17.5 Å². The molecule has 0 saturated heterocycles. The van der Waals surface area contributed by atoms with Gasteiger partial charge in [0.25, 0.3) is 0 Å². The van der Waals surface area contributed by atoms with Crippen LogP contribution in [0, 0.1) is 0 Å². The van der Waals surface area contributed by atoms with E-state index in [4.69, 9.17) is 0 Å². The van der Waals surface area contributed by atoms with Crippen molar-refractivity contribution < 1.29 is 4.79 Å². The van der Waals surface area contributed by atoms with Crippen LogP contribution in [0.5, 0.6) is 0 Å². The summed E-state index contributed by atoms with van der Waals surface area (Å²) >= 11 is 1.90. The van der Waals surface area contributed by atoms with Crippen molar-refractivity contribution in [2.75, 3.05) is 11.5 Å². The molecule has 0 aliphatic rings. The lowest BCUT2D eigenvalue weighted by Gasteiger charge is -1.97. The molecular formula is C9H18OS. The van der Waals surface area contributed by atoms with E-state index in [2.05, 4.69) is 6.92 Å². The first-order chi connectivity index (χ1) is 5.31. The summed E-state index contributed by atoms with van der Waals surface area (Å²) in [7, 11) is 0. The van der Waals surface area contributed by atoms with Gasteiger partial charge in [0.05, 0.1) is 0 Å². The van der Waals surface area contributed by atoms with Gasteiger partial charge in [-0.05, 0) is 12.2 Å². The summed E-state index contributed by atoms with van der Waals surface area (Å²) in [6.07, 6.45) is 4.01. The Morgan fingerprint density at radius 2 is 2.00 bits per heavy atom. The van der Waals surface area contributed by atoms with Crippen LogP contribution in [-0.2, 0) is 4.79 Å². The van der Waals surface area contributed by atoms with Crippen LogP contribution in [0.2, 0.25) is 0 Å². The summed E-state index contributed by atoms with van der Waals surface area (Å²) in [5, 5.41) is 0. The molecule has 0 radical (unpaired) electrons. The molecule has 0 spiro atoms. The highest BCUT2D eigenvalue weighted by atomic mass is 32.2. The minimum absolute atomic E-state index is 0.397. The van der Waals surface area contributed by atoms with Gasteiger partial charge in [-0.2, -0.15) is 11.8 Å². The van der Waals surface area contributed by atoms with Crippen LogP contribution in [-0.4, -0.2) is 17.3 Å². The van der Waals surface area contributed by atoms with Gasteiger partial charge in [-0.25, -0.2) is 0 Å². The zero-order chi connectivity index (χ0) is 8.53. The van der Waals surface area contributed by atoms with E-state index in [1.54, 1.807) is 0 Å². The zero-order valence-corrected chi connectivity index (χ0v) is 8.38. The van der Waals surface area contributed by atoms with Crippen LogP contribution >= 0.6 is 11.8 Å². The van der Waals surface area contributed by atoms with Gasteiger partial charge in [0, 0.05) is 18.6 Å². The monoisotopic (exact) mass is 174 g/mol. The maximum Gasteiger partial charge on any atom is 0.133 e. The maximum absolute atomic E-state index is 10.8. The van der Waals surface area contributed by atoms with E-state index in [9.17, 15) is 4.79 Å². The highest BCUT2D eigenvalue weighted by Crippen LogP contribution is 2.06. The van der Waals surface area contributed by atoms with Gasteiger partial charge in [-0.15, -0.1) is 0 Å². The molecule has 0 aromatic heterocycles. The average molecular weight is 174 g/mol. The Balaban J connectivity index is 2.95. The molecule has 0 saturated carbocycles. The van der Waals surface area contributed by atoms with E-state index >= 15 is 0 Å².